The molecule has 17 heavy (non-hydrogen) atoms. The van der Waals surface area contributed by atoms with E-state index in [-0.39, 0.29) is 18.1 Å². The molecule has 0 saturated carbocycles. The number of carbonyl (C=O) groups is 1. The van der Waals surface area contributed by atoms with Gasteiger partial charge in [-0.3, -0.25) is 0 Å². The molecule has 1 aromatic rings. The largest absolute Gasteiger partial charge is 0.393 e. The standard InChI is InChI=1S/C9H10IN3O4/c1-6-3-4-7(9(11-6)13(15)16)12(2)5-8(14)17-10/h3-4H,5H2,1-2H3. The van der Waals surface area contributed by atoms with Gasteiger partial charge in [-0.2, -0.15) is 0 Å². The van der Waals surface area contributed by atoms with Gasteiger partial charge in [0.05, 0.1) is 0 Å². The Balaban J connectivity index is 3.04. The van der Waals surface area contributed by atoms with Crippen molar-refractivity contribution in [1.29, 1.82) is 0 Å². The Hall–Kier alpha value is -1.45. The van der Waals surface area contributed by atoms with Gasteiger partial charge in [0.2, 0.25) is 0 Å². The van der Waals surface area contributed by atoms with Crippen LogP contribution in [0.25, 0.3) is 0 Å². The molecule has 0 spiro atoms. The molecule has 8 heteroatoms. The summed E-state index contributed by atoms with van der Waals surface area (Å²) in [5.74, 6) is -0.753. The monoisotopic (exact) mass is 351 g/mol. The molecule has 0 aliphatic rings. The summed E-state index contributed by atoms with van der Waals surface area (Å²) in [5.41, 5.74) is 0.827. The fourth-order valence-corrected chi connectivity index (χ4v) is 1.41. The molecule has 1 rings (SSSR count). The van der Waals surface area contributed by atoms with Gasteiger partial charge in [-0.25, -0.2) is 4.79 Å². The van der Waals surface area contributed by atoms with Crippen molar-refractivity contribution < 1.29 is 12.8 Å². The Morgan fingerprint density at radius 1 is 1.65 bits per heavy atom. The predicted octanol–water partition coefficient (Wildman–Crippen LogP) is 1.63. The summed E-state index contributed by atoms with van der Waals surface area (Å²) in [6, 6.07) is 3.20. The number of halogens is 1. The fraction of sp³-hybridized carbons (Fsp3) is 0.333. The second-order valence-electron chi connectivity index (χ2n) is 3.36. The molecule has 0 aromatic carbocycles. The number of likely N-dealkylation sites (N-methyl/N-ethyl adjacent to an activating group) is 1. The summed E-state index contributed by atoms with van der Waals surface area (Å²) in [6.45, 7) is 1.59. The summed E-state index contributed by atoms with van der Waals surface area (Å²) in [5, 5.41) is 10.8. The van der Waals surface area contributed by atoms with Crippen LogP contribution in [0.4, 0.5) is 11.5 Å². The van der Waals surface area contributed by atoms with E-state index < -0.39 is 10.9 Å². The first kappa shape index (κ1) is 13.6. The van der Waals surface area contributed by atoms with Crippen LogP contribution < -0.4 is 4.90 Å². The molecule has 1 heterocycles. The van der Waals surface area contributed by atoms with Gasteiger partial charge in [0.1, 0.15) is 17.9 Å². The zero-order valence-corrected chi connectivity index (χ0v) is 11.4. The minimum atomic E-state index is -0.575. The summed E-state index contributed by atoms with van der Waals surface area (Å²) < 4.78 is 4.47. The predicted molar refractivity (Wildman–Crippen MR) is 69.0 cm³/mol. The minimum absolute atomic E-state index is 0.0749. The zero-order chi connectivity index (χ0) is 13.0. The van der Waals surface area contributed by atoms with Crippen molar-refractivity contribution in [3.05, 3.63) is 27.9 Å². The molecular formula is C9H10IN3O4. The molecule has 0 amide bonds. The quantitative estimate of drug-likeness (QED) is 0.466. The van der Waals surface area contributed by atoms with Crippen LogP contribution >= 0.6 is 23.0 Å². The Kier molecular flexibility index (Phi) is 4.61. The van der Waals surface area contributed by atoms with Crippen LogP contribution in [0, 0.1) is 17.0 Å². The van der Waals surface area contributed by atoms with Gasteiger partial charge in [0.15, 0.2) is 23.0 Å². The number of anilines is 1. The molecule has 0 bridgehead atoms. The normalized spacial score (nSPS) is 9.82. The first-order valence-electron chi connectivity index (χ1n) is 4.60. The van der Waals surface area contributed by atoms with E-state index in [1.165, 1.54) is 27.9 Å². The number of hydrogen-bond acceptors (Lipinski definition) is 6. The molecule has 0 fully saturated rings. The Morgan fingerprint density at radius 3 is 2.82 bits per heavy atom. The van der Waals surface area contributed by atoms with Crippen molar-refractivity contribution in [2.45, 2.75) is 6.92 Å². The molecule has 0 aliphatic carbocycles. The van der Waals surface area contributed by atoms with E-state index in [9.17, 15) is 14.9 Å². The highest BCUT2D eigenvalue weighted by atomic mass is 127. The van der Waals surface area contributed by atoms with Crippen LogP contribution in [0.3, 0.4) is 0 Å². The summed E-state index contributed by atoms with van der Waals surface area (Å²) in [6.07, 6.45) is 0. The lowest BCUT2D eigenvalue weighted by Gasteiger charge is -2.16. The average Bonchev–Trinajstić information content (AvgIpc) is 2.28. The first-order chi connectivity index (χ1) is 7.95. The van der Waals surface area contributed by atoms with E-state index in [0.717, 1.165) is 0 Å². The van der Waals surface area contributed by atoms with Crippen molar-refractivity contribution >= 4 is 40.5 Å². The molecule has 7 nitrogen and oxygen atoms in total. The van der Waals surface area contributed by atoms with E-state index >= 15 is 0 Å². The number of aromatic nitrogens is 1. The van der Waals surface area contributed by atoms with Gasteiger partial charge >= 0.3 is 11.8 Å². The second-order valence-corrected chi connectivity index (χ2v) is 3.80. The third kappa shape index (κ3) is 3.51. The third-order valence-corrected chi connectivity index (χ3v) is 2.52. The van der Waals surface area contributed by atoms with Gasteiger partial charge < -0.3 is 18.1 Å². The molecule has 92 valence electrons. The summed E-state index contributed by atoms with van der Waals surface area (Å²) in [7, 11) is 1.56. The van der Waals surface area contributed by atoms with Crippen LogP contribution in [-0.2, 0) is 7.86 Å². The van der Waals surface area contributed by atoms with E-state index in [4.69, 9.17) is 0 Å². The van der Waals surface area contributed by atoms with Crippen molar-refractivity contribution in [3.8, 4) is 0 Å². The Labute approximate surface area is 112 Å². The van der Waals surface area contributed by atoms with Crippen molar-refractivity contribution in [2.24, 2.45) is 0 Å². The molecule has 0 saturated heterocycles. The van der Waals surface area contributed by atoms with E-state index in [1.807, 2.05) is 0 Å². The molecule has 0 atom stereocenters. The minimum Gasteiger partial charge on any atom is -0.393 e. The third-order valence-electron chi connectivity index (χ3n) is 2.03. The average molecular weight is 351 g/mol. The molecule has 0 N–H and O–H groups in total. The Bertz CT molecular complexity index is 452. The van der Waals surface area contributed by atoms with Crippen LogP contribution in [0.5, 0.6) is 0 Å². The van der Waals surface area contributed by atoms with Crippen molar-refractivity contribution in [1.82, 2.24) is 4.98 Å². The Morgan fingerprint density at radius 2 is 2.29 bits per heavy atom. The molecule has 1 aromatic heterocycles. The molecule has 0 radical (unpaired) electrons. The molecule has 0 unspecified atom stereocenters. The van der Waals surface area contributed by atoms with Crippen molar-refractivity contribution in [3.63, 3.8) is 0 Å². The number of nitro groups is 1. The fourth-order valence-electron chi connectivity index (χ4n) is 1.27. The highest BCUT2D eigenvalue weighted by molar-refractivity contribution is 14.1. The van der Waals surface area contributed by atoms with E-state index in [2.05, 4.69) is 8.05 Å². The maximum Gasteiger partial charge on any atom is 0.387 e. The van der Waals surface area contributed by atoms with E-state index in [0.29, 0.717) is 5.69 Å². The maximum atomic E-state index is 11.1. The van der Waals surface area contributed by atoms with Gasteiger partial charge in [-0.05, 0) is 22.0 Å². The number of hydrogen-bond donors (Lipinski definition) is 0. The topological polar surface area (TPSA) is 85.6 Å². The molecular weight excluding hydrogens is 341 g/mol. The number of rotatable bonds is 4. The van der Waals surface area contributed by atoms with Crippen LogP contribution in [0.15, 0.2) is 12.1 Å². The number of carbonyl (C=O) groups excluding carboxylic acids is 1. The summed E-state index contributed by atoms with van der Waals surface area (Å²) in [4.78, 5) is 26.6. The van der Waals surface area contributed by atoms with Crippen LogP contribution in [-0.4, -0.2) is 29.5 Å². The van der Waals surface area contributed by atoms with Gasteiger partial charge in [-0.1, -0.05) is 0 Å². The highest BCUT2D eigenvalue weighted by Gasteiger charge is 2.21. The summed E-state index contributed by atoms with van der Waals surface area (Å²) >= 11 is 1.47. The number of pyridine rings is 1. The smallest absolute Gasteiger partial charge is 0.387 e. The lowest BCUT2D eigenvalue weighted by molar-refractivity contribution is -0.388. The van der Waals surface area contributed by atoms with Crippen molar-refractivity contribution in [2.75, 3.05) is 18.5 Å². The lowest BCUT2D eigenvalue weighted by atomic mass is 10.3. The van der Waals surface area contributed by atoms with Gasteiger partial charge in [0.25, 0.3) is 0 Å². The van der Waals surface area contributed by atoms with E-state index in [1.54, 1.807) is 26.1 Å². The SMILES string of the molecule is Cc1ccc(N(C)CC(=O)OI)c([N+](=O)[O-])n1. The van der Waals surface area contributed by atoms with Crippen LogP contribution in [0.2, 0.25) is 0 Å². The highest BCUT2D eigenvalue weighted by Crippen LogP contribution is 2.25. The second kappa shape index (κ2) is 5.75. The number of aryl methyl sites for hydroxylation is 1. The van der Waals surface area contributed by atoms with Gasteiger partial charge in [0, 0.05) is 14.0 Å². The first-order valence-corrected chi connectivity index (χ1v) is 5.48. The molecule has 0 aliphatic heterocycles. The zero-order valence-electron chi connectivity index (χ0n) is 9.21. The maximum absolute atomic E-state index is 11.1. The number of nitrogens with zero attached hydrogens (tertiary/aromatic N) is 3. The lowest BCUT2D eigenvalue weighted by Crippen LogP contribution is -2.26. The van der Waals surface area contributed by atoms with Crippen LogP contribution in [0.1, 0.15) is 5.69 Å². The van der Waals surface area contributed by atoms with Gasteiger partial charge in [-0.15, -0.1) is 0 Å².